The molecule has 6 nitrogen and oxygen atoms in total. The maximum atomic E-state index is 13.2. The van der Waals surface area contributed by atoms with Gasteiger partial charge in [-0.05, 0) is 63.3 Å². The molecule has 2 rings (SSSR count). The van der Waals surface area contributed by atoms with Crippen molar-refractivity contribution in [1.29, 1.82) is 0 Å². The number of carbonyl (C=O) groups is 2. The second-order valence-corrected chi connectivity index (χ2v) is 8.24. The van der Waals surface area contributed by atoms with Gasteiger partial charge in [0, 0.05) is 24.3 Å². The summed E-state index contributed by atoms with van der Waals surface area (Å²) in [6.45, 7) is 7.64. The number of benzene rings is 1. The normalized spacial score (nSPS) is 11.6. The fourth-order valence-electron chi connectivity index (χ4n) is 3.16. The average Bonchev–Trinajstić information content (AvgIpc) is 2.64. The maximum Gasteiger partial charge on any atom is 0.331 e. The number of aromatic nitrogens is 1. The monoisotopic (exact) mass is 411 g/mol. The van der Waals surface area contributed by atoms with Crippen LogP contribution < -0.4 is 5.56 Å². The summed E-state index contributed by atoms with van der Waals surface area (Å²) in [5, 5.41) is 8.96. The summed E-state index contributed by atoms with van der Waals surface area (Å²) < 4.78 is 6.93. The summed E-state index contributed by atoms with van der Waals surface area (Å²) in [5.41, 5.74) is 2.18. The van der Waals surface area contributed by atoms with Gasteiger partial charge in [-0.25, -0.2) is 4.79 Å². The van der Waals surface area contributed by atoms with Gasteiger partial charge in [0.15, 0.2) is 0 Å². The van der Waals surface area contributed by atoms with E-state index in [1.54, 1.807) is 37.6 Å². The van der Waals surface area contributed by atoms with Crippen molar-refractivity contribution in [2.45, 2.75) is 59.1 Å². The van der Waals surface area contributed by atoms with E-state index in [1.807, 2.05) is 37.3 Å². The van der Waals surface area contributed by atoms with E-state index >= 15 is 0 Å². The molecule has 1 heterocycles. The fourth-order valence-corrected chi connectivity index (χ4v) is 3.16. The van der Waals surface area contributed by atoms with Crippen LogP contribution in [0.1, 0.15) is 55.9 Å². The number of ether oxygens (including phenoxy) is 1. The number of carbonyl (C=O) groups excluding carboxylic acids is 1. The number of esters is 1. The third kappa shape index (κ3) is 7.03. The van der Waals surface area contributed by atoms with Crippen LogP contribution in [0.5, 0.6) is 0 Å². The number of carboxylic acid groups (broad SMARTS) is 1. The molecule has 6 heteroatoms. The van der Waals surface area contributed by atoms with E-state index in [4.69, 9.17) is 9.84 Å². The lowest BCUT2D eigenvalue weighted by atomic mass is 9.99. The van der Waals surface area contributed by atoms with Crippen LogP contribution in [0, 0.1) is 6.92 Å². The van der Waals surface area contributed by atoms with Gasteiger partial charge >= 0.3 is 11.9 Å². The predicted molar refractivity (Wildman–Crippen MR) is 116 cm³/mol. The minimum Gasteiger partial charge on any atom is -0.481 e. The molecule has 0 fully saturated rings. The summed E-state index contributed by atoms with van der Waals surface area (Å²) >= 11 is 0. The SMILES string of the molecule is Cc1cn(Cc2ccccc2)c(=O)c(CCCC(=O)O)c1/C=C/C(=O)OC(C)(C)C. The number of pyridine rings is 1. The van der Waals surface area contributed by atoms with Crippen molar-refractivity contribution in [3.05, 3.63) is 75.2 Å². The Morgan fingerprint density at radius 3 is 2.43 bits per heavy atom. The first-order valence-corrected chi connectivity index (χ1v) is 9.96. The molecule has 0 saturated carbocycles. The molecular formula is C24H29NO5. The summed E-state index contributed by atoms with van der Waals surface area (Å²) in [6, 6.07) is 9.64. The number of aryl methyl sites for hydroxylation is 1. The third-order valence-corrected chi connectivity index (χ3v) is 4.42. The molecule has 0 spiro atoms. The van der Waals surface area contributed by atoms with Crippen molar-refractivity contribution in [2.24, 2.45) is 0 Å². The largest absolute Gasteiger partial charge is 0.481 e. The number of hydrogen-bond acceptors (Lipinski definition) is 4. The minimum absolute atomic E-state index is 0.0265. The molecule has 0 bridgehead atoms. The van der Waals surface area contributed by atoms with Gasteiger partial charge in [-0.1, -0.05) is 30.3 Å². The third-order valence-electron chi connectivity index (χ3n) is 4.42. The lowest BCUT2D eigenvalue weighted by Gasteiger charge is -2.18. The first-order chi connectivity index (χ1) is 14.1. The summed E-state index contributed by atoms with van der Waals surface area (Å²) in [6.07, 6.45) is 5.30. The average molecular weight is 411 g/mol. The van der Waals surface area contributed by atoms with Gasteiger partial charge in [0.25, 0.3) is 5.56 Å². The Bertz CT molecular complexity index is 981. The van der Waals surface area contributed by atoms with Crippen molar-refractivity contribution < 1.29 is 19.4 Å². The highest BCUT2D eigenvalue weighted by molar-refractivity contribution is 5.87. The standard InChI is InChI=1S/C24H29NO5/c1-17-15-25(16-18-9-6-5-7-10-18)23(29)20(11-8-12-21(26)27)19(17)13-14-22(28)30-24(2,3)4/h5-7,9-10,13-15H,8,11-12,16H2,1-4H3,(H,26,27)/b14-13+. The van der Waals surface area contributed by atoms with Crippen LogP contribution >= 0.6 is 0 Å². The highest BCUT2D eigenvalue weighted by Crippen LogP contribution is 2.17. The number of hydrogen-bond donors (Lipinski definition) is 1. The Morgan fingerprint density at radius 1 is 1.17 bits per heavy atom. The number of carboxylic acids is 1. The van der Waals surface area contributed by atoms with Crippen molar-refractivity contribution in [1.82, 2.24) is 4.57 Å². The van der Waals surface area contributed by atoms with Gasteiger partial charge in [0.1, 0.15) is 5.60 Å². The van der Waals surface area contributed by atoms with Crippen LogP contribution in [0.3, 0.4) is 0 Å². The van der Waals surface area contributed by atoms with Crippen LogP contribution in [-0.2, 0) is 27.3 Å². The Kier molecular flexibility index (Phi) is 7.75. The fraction of sp³-hybridized carbons (Fsp3) is 0.375. The van der Waals surface area contributed by atoms with Crippen molar-refractivity contribution in [2.75, 3.05) is 0 Å². The van der Waals surface area contributed by atoms with Crippen molar-refractivity contribution in [3.8, 4) is 0 Å². The molecule has 0 aliphatic rings. The summed E-state index contributed by atoms with van der Waals surface area (Å²) in [4.78, 5) is 36.2. The first kappa shape index (κ1) is 23.1. The Balaban J connectivity index is 2.41. The van der Waals surface area contributed by atoms with Crippen molar-refractivity contribution >= 4 is 18.0 Å². The summed E-state index contributed by atoms with van der Waals surface area (Å²) in [5.74, 6) is -1.40. The molecular weight excluding hydrogens is 382 g/mol. The van der Waals surface area contributed by atoms with Crippen LogP contribution in [0.2, 0.25) is 0 Å². The van der Waals surface area contributed by atoms with Gasteiger partial charge in [0.2, 0.25) is 0 Å². The van der Waals surface area contributed by atoms with E-state index in [2.05, 4.69) is 0 Å². The molecule has 2 aromatic rings. The van der Waals surface area contributed by atoms with Gasteiger partial charge in [-0.2, -0.15) is 0 Å². The second kappa shape index (κ2) is 10.1. The van der Waals surface area contributed by atoms with Gasteiger partial charge in [-0.3, -0.25) is 9.59 Å². The molecule has 1 aromatic carbocycles. The van der Waals surface area contributed by atoms with Gasteiger partial charge < -0.3 is 14.4 Å². The Hall–Kier alpha value is -3.15. The predicted octanol–water partition coefficient (Wildman–Crippen LogP) is 3.97. The molecule has 0 saturated heterocycles. The number of aliphatic carboxylic acids is 1. The minimum atomic E-state index is -0.905. The molecule has 0 atom stereocenters. The number of rotatable bonds is 8. The van der Waals surface area contributed by atoms with Gasteiger partial charge in [-0.15, -0.1) is 0 Å². The van der Waals surface area contributed by atoms with Crippen LogP contribution in [0.15, 0.2) is 47.4 Å². The molecule has 1 N–H and O–H groups in total. The van der Waals surface area contributed by atoms with E-state index in [9.17, 15) is 14.4 Å². The van der Waals surface area contributed by atoms with E-state index in [0.29, 0.717) is 30.5 Å². The molecule has 0 unspecified atom stereocenters. The molecule has 160 valence electrons. The van der Waals surface area contributed by atoms with E-state index in [1.165, 1.54) is 6.08 Å². The quantitative estimate of drug-likeness (QED) is 0.525. The number of nitrogens with zero attached hydrogens (tertiary/aromatic N) is 1. The second-order valence-electron chi connectivity index (χ2n) is 8.24. The lowest BCUT2D eigenvalue weighted by Crippen LogP contribution is -2.26. The lowest BCUT2D eigenvalue weighted by molar-refractivity contribution is -0.148. The van der Waals surface area contributed by atoms with Crippen LogP contribution in [0.25, 0.3) is 6.08 Å². The van der Waals surface area contributed by atoms with E-state index < -0.39 is 17.5 Å². The molecule has 0 aliphatic carbocycles. The van der Waals surface area contributed by atoms with Crippen molar-refractivity contribution in [3.63, 3.8) is 0 Å². The Labute approximate surface area is 176 Å². The Morgan fingerprint density at radius 2 is 1.83 bits per heavy atom. The molecule has 0 amide bonds. The smallest absolute Gasteiger partial charge is 0.331 e. The first-order valence-electron chi connectivity index (χ1n) is 9.96. The highest BCUT2D eigenvalue weighted by Gasteiger charge is 2.16. The van der Waals surface area contributed by atoms with E-state index in [0.717, 1.165) is 11.1 Å². The molecule has 1 aromatic heterocycles. The van der Waals surface area contributed by atoms with Crippen LogP contribution in [0.4, 0.5) is 0 Å². The molecule has 30 heavy (non-hydrogen) atoms. The van der Waals surface area contributed by atoms with E-state index in [-0.39, 0.29) is 12.0 Å². The maximum absolute atomic E-state index is 13.2. The zero-order valence-electron chi connectivity index (χ0n) is 18.0. The van der Waals surface area contributed by atoms with Crippen LogP contribution in [-0.4, -0.2) is 27.2 Å². The zero-order valence-corrected chi connectivity index (χ0v) is 18.0. The topological polar surface area (TPSA) is 85.6 Å². The molecule has 0 radical (unpaired) electrons. The zero-order chi connectivity index (χ0) is 22.3. The van der Waals surface area contributed by atoms with Gasteiger partial charge in [0.05, 0.1) is 6.54 Å². The highest BCUT2D eigenvalue weighted by atomic mass is 16.6. The molecule has 0 aliphatic heterocycles. The summed E-state index contributed by atoms with van der Waals surface area (Å²) in [7, 11) is 0.